The molecule has 19 heavy (non-hydrogen) atoms. The molecule has 0 bridgehead atoms. The van der Waals surface area contributed by atoms with Crippen molar-refractivity contribution in [1.29, 1.82) is 0 Å². The third kappa shape index (κ3) is 3.24. The minimum atomic E-state index is -0.246. The number of hydrogen-bond donors (Lipinski definition) is 2. The molecule has 1 heterocycles. The van der Waals surface area contributed by atoms with Crippen LogP contribution >= 0.6 is 0 Å². The van der Waals surface area contributed by atoms with Crippen LogP contribution < -0.4 is 5.73 Å². The predicted octanol–water partition coefficient (Wildman–Crippen LogP) is 3.28. The van der Waals surface area contributed by atoms with Crippen LogP contribution in [0.15, 0.2) is 18.2 Å². The Bertz CT molecular complexity index is 589. The Labute approximate surface area is 115 Å². The Morgan fingerprint density at radius 2 is 1.89 bits per heavy atom. The second-order valence-corrected chi connectivity index (χ2v) is 6.14. The van der Waals surface area contributed by atoms with E-state index in [0.29, 0.717) is 0 Å². The van der Waals surface area contributed by atoms with Gasteiger partial charge in [0.1, 0.15) is 5.82 Å². The lowest BCUT2D eigenvalue weighted by molar-refractivity contribution is 0.504. The highest BCUT2D eigenvalue weighted by Crippen LogP contribution is 2.26. The molecular formula is C16H23N3. The molecule has 0 atom stereocenters. The molecule has 0 spiro atoms. The molecule has 0 saturated carbocycles. The lowest BCUT2D eigenvalue weighted by Crippen LogP contribution is -2.34. The Balaban J connectivity index is 2.40. The minimum Gasteiger partial charge on any atom is -0.346 e. The fraction of sp³-hybridized carbons (Fsp3) is 0.438. The molecule has 3 N–H and O–H groups in total. The third-order valence-corrected chi connectivity index (χ3v) is 3.19. The number of nitrogens with one attached hydrogen (secondary N) is 1. The van der Waals surface area contributed by atoms with Crippen LogP contribution in [0.4, 0.5) is 0 Å². The van der Waals surface area contributed by atoms with Crippen LogP contribution in [0.25, 0.3) is 11.3 Å². The second-order valence-electron chi connectivity index (χ2n) is 6.14. The fourth-order valence-corrected chi connectivity index (χ4v) is 2.38. The van der Waals surface area contributed by atoms with Gasteiger partial charge in [-0.2, -0.15) is 0 Å². The number of H-pyrrole nitrogens is 1. The van der Waals surface area contributed by atoms with Crippen molar-refractivity contribution < 1.29 is 0 Å². The van der Waals surface area contributed by atoms with Crippen molar-refractivity contribution in [3.8, 4) is 11.3 Å². The van der Waals surface area contributed by atoms with E-state index in [1.807, 2.05) is 13.8 Å². The molecule has 0 aliphatic carbocycles. The summed E-state index contributed by atoms with van der Waals surface area (Å²) < 4.78 is 0. The van der Waals surface area contributed by atoms with Crippen molar-refractivity contribution in [2.45, 2.75) is 46.6 Å². The quantitative estimate of drug-likeness (QED) is 0.886. The summed E-state index contributed by atoms with van der Waals surface area (Å²) in [5, 5.41) is 0. The van der Waals surface area contributed by atoms with Crippen LogP contribution in [0.5, 0.6) is 0 Å². The maximum Gasteiger partial charge on any atom is 0.108 e. The average Bonchev–Trinajstić information content (AvgIpc) is 2.56. The van der Waals surface area contributed by atoms with E-state index in [4.69, 9.17) is 10.7 Å². The number of rotatable bonds is 3. The maximum atomic E-state index is 6.06. The van der Waals surface area contributed by atoms with Crippen molar-refractivity contribution in [2.75, 3.05) is 0 Å². The summed E-state index contributed by atoms with van der Waals surface area (Å²) in [5.74, 6) is 0.958. The van der Waals surface area contributed by atoms with Gasteiger partial charge in [-0.05, 0) is 40.2 Å². The molecule has 3 nitrogen and oxygen atoms in total. The molecule has 0 unspecified atom stereocenters. The second kappa shape index (κ2) is 4.82. The SMILES string of the molecule is Cc1ccc(-c2nc(CC(C)(C)N)[nH]c2C)c(C)c1. The minimum absolute atomic E-state index is 0.246. The van der Waals surface area contributed by atoms with E-state index in [1.54, 1.807) is 0 Å². The van der Waals surface area contributed by atoms with Gasteiger partial charge >= 0.3 is 0 Å². The van der Waals surface area contributed by atoms with Crippen LogP contribution in [0, 0.1) is 20.8 Å². The topological polar surface area (TPSA) is 54.7 Å². The first-order valence-electron chi connectivity index (χ1n) is 6.68. The summed E-state index contributed by atoms with van der Waals surface area (Å²) in [4.78, 5) is 8.07. The van der Waals surface area contributed by atoms with E-state index >= 15 is 0 Å². The highest BCUT2D eigenvalue weighted by atomic mass is 14.9. The van der Waals surface area contributed by atoms with Gasteiger partial charge in [-0.25, -0.2) is 4.98 Å². The van der Waals surface area contributed by atoms with Crippen molar-refractivity contribution in [3.63, 3.8) is 0 Å². The van der Waals surface area contributed by atoms with Crippen molar-refractivity contribution >= 4 is 0 Å². The van der Waals surface area contributed by atoms with E-state index < -0.39 is 0 Å². The van der Waals surface area contributed by atoms with Crippen LogP contribution in [0.2, 0.25) is 0 Å². The summed E-state index contributed by atoms with van der Waals surface area (Å²) in [6, 6.07) is 6.46. The van der Waals surface area contributed by atoms with Gasteiger partial charge in [-0.1, -0.05) is 23.8 Å². The van der Waals surface area contributed by atoms with E-state index in [0.717, 1.165) is 23.6 Å². The van der Waals surface area contributed by atoms with E-state index in [-0.39, 0.29) is 5.54 Å². The molecule has 3 heteroatoms. The zero-order valence-corrected chi connectivity index (χ0v) is 12.5. The Morgan fingerprint density at radius 1 is 1.21 bits per heavy atom. The highest BCUT2D eigenvalue weighted by Gasteiger charge is 2.17. The van der Waals surface area contributed by atoms with Crippen LogP contribution in [0.1, 0.15) is 36.5 Å². The first-order chi connectivity index (χ1) is 8.76. The molecular weight excluding hydrogens is 234 g/mol. The van der Waals surface area contributed by atoms with E-state index in [9.17, 15) is 0 Å². The smallest absolute Gasteiger partial charge is 0.108 e. The van der Waals surface area contributed by atoms with Gasteiger partial charge < -0.3 is 10.7 Å². The molecule has 1 aromatic heterocycles. The zero-order valence-electron chi connectivity index (χ0n) is 12.5. The first kappa shape index (κ1) is 13.8. The standard InChI is InChI=1S/C16H23N3/c1-10-6-7-13(11(2)8-10)15-12(3)18-14(19-15)9-16(4,5)17/h6-8H,9,17H2,1-5H3,(H,18,19). The third-order valence-electron chi connectivity index (χ3n) is 3.19. The summed E-state index contributed by atoms with van der Waals surface area (Å²) in [6.45, 7) is 10.3. The van der Waals surface area contributed by atoms with Gasteiger partial charge in [0.15, 0.2) is 0 Å². The molecule has 1 aromatic carbocycles. The molecule has 2 rings (SSSR count). The number of nitrogens with two attached hydrogens (primary N) is 1. The lowest BCUT2D eigenvalue weighted by atomic mass is 10.0. The Hall–Kier alpha value is -1.61. The van der Waals surface area contributed by atoms with Crippen LogP contribution in [0.3, 0.4) is 0 Å². The summed E-state index contributed by atoms with van der Waals surface area (Å²) in [7, 11) is 0. The zero-order chi connectivity index (χ0) is 14.2. The van der Waals surface area contributed by atoms with Crippen LogP contribution in [-0.2, 0) is 6.42 Å². The molecule has 0 saturated heterocycles. The first-order valence-corrected chi connectivity index (χ1v) is 6.68. The van der Waals surface area contributed by atoms with E-state index in [1.165, 1.54) is 16.7 Å². The largest absolute Gasteiger partial charge is 0.346 e. The van der Waals surface area contributed by atoms with Gasteiger partial charge in [0.25, 0.3) is 0 Å². The molecule has 0 aliphatic rings. The van der Waals surface area contributed by atoms with Crippen molar-refractivity contribution in [2.24, 2.45) is 5.73 Å². The summed E-state index contributed by atoms with van der Waals surface area (Å²) in [6.07, 6.45) is 0.749. The number of imidazole rings is 1. The van der Waals surface area contributed by atoms with Gasteiger partial charge in [-0.3, -0.25) is 0 Å². The van der Waals surface area contributed by atoms with Gasteiger partial charge in [0.2, 0.25) is 0 Å². The number of benzene rings is 1. The number of hydrogen-bond acceptors (Lipinski definition) is 2. The number of aromatic nitrogens is 2. The normalized spacial score (nSPS) is 11.9. The number of aromatic amines is 1. The van der Waals surface area contributed by atoms with Crippen LogP contribution in [-0.4, -0.2) is 15.5 Å². The summed E-state index contributed by atoms with van der Waals surface area (Å²) in [5.41, 5.74) is 11.7. The Kier molecular flexibility index (Phi) is 3.50. The van der Waals surface area contributed by atoms with Crippen molar-refractivity contribution in [3.05, 3.63) is 40.8 Å². The average molecular weight is 257 g/mol. The predicted molar refractivity (Wildman–Crippen MR) is 80.2 cm³/mol. The van der Waals surface area contributed by atoms with Gasteiger partial charge in [0.05, 0.1) is 5.69 Å². The maximum absolute atomic E-state index is 6.06. The molecule has 2 aromatic rings. The van der Waals surface area contributed by atoms with Crippen molar-refractivity contribution in [1.82, 2.24) is 9.97 Å². The fourth-order valence-electron chi connectivity index (χ4n) is 2.38. The van der Waals surface area contributed by atoms with Gasteiger partial charge in [-0.15, -0.1) is 0 Å². The number of aryl methyl sites for hydroxylation is 3. The lowest BCUT2D eigenvalue weighted by Gasteiger charge is -2.15. The summed E-state index contributed by atoms with van der Waals surface area (Å²) >= 11 is 0. The monoisotopic (exact) mass is 257 g/mol. The molecule has 102 valence electrons. The van der Waals surface area contributed by atoms with Gasteiger partial charge in [0, 0.05) is 23.2 Å². The molecule has 0 aliphatic heterocycles. The molecule has 0 fully saturated rings. The van der Waals surface area contributed by atoms with E-state index in [2.05, 4.69) is 44.0 Å². The molecule has 0 amide bonds. The Morgan fingerprint density at radius 3 is 2.47 bits per heavy atom. The number of nitrogens with zero attached hydrogens (tertiary/aromatic N) is 1. The molecule has 0 radical (unpaired) electrons. The highest BCUT2D eigenvalue weighted by molar-refractivity contribution is 5.66.